The highest BCUT2D eigenvalue weighted by molar-refractivity contribution is 7.99. The zero-order valence-corrected chi connectivity index (χ0v) is 13.0. The molecule has 0 saturated carbocycles. The highest BCUT2D eigenvalue weighted by Gasteiger charge is 2.26. The van der Waals surface area contributed by atoms with Crippen molar-refractivity contribution in [2.45, 2.75) is 23.2 Å². The zero-order valence-electron chi connectivity index (χ0n) is 12.2. The van der Waals surface area contributed by atoms with Gasteiger partial charge in [0.15, 0.2) is 0 Å². The van der Waals surface area contributed by atoms with E-state index < -0.39 is 0 Å². The number of halogens is 1. The Hall–Kier alpha value is -1.32. The van der Waals surface area contributed by atoms with Gasteiger partial charge in [0.1, 0.15) is 5.82 Å². The summed E-state index contributed by atoms with van der Waals surface area (Å²) < 4.78 is 13.5. The van der Waals surface area contributed by atoms with Crippen molar-refractivity contribution in [3.05, 3.63) is 65.5 Å². The lowest BCUT2D eigenvalue weighted by molar-refractivity contribution is 0.533. The van der Waals surface area contributed by atoms with Crippen LogP contribution in [0.4, 0.5) is 4.39 Å². The van der Waals surface area contributed by atoms with Crippen LogP contribution in [0.25, 0.3) is 0 Å². The van der Waals surface area contributed by atoms with E-state index in [2.05, 4.69) is 29.6 Å². The number of rotatable bonds is 5. The lowest BCUT2D eigenvalue weighted by Crippen LogP contribution is -2.19. The van der Waals surface area contributed by atoms with Gasteiger partial charge in [-0.1, -0.05) is 30.3 Å². The molecule has 0 radical (unpaired) electrons. The molecule has 0 bridgehead atoms. The third kappa shape index (κ3) is 3.30. The van der Waals surface area contributed by atoms with Crippen LogP contribution in [0.3, 0.4) is 0 Å². The molecule has 0 aromatic heterocycles. The normalized spacial score (nSPS) is 18.5. The van der Waals surface area contributed by atoms with E-state index in [1.165, 1.54) is 16.5 Å². The van der Waals surface area contributed by atoms with Crippen molar-refractivity contribution >= 4 is 11.8 Å². The molecule has 21 heavy (non-hydrogen) atoms. The van der Waals surface area contributed by atoms with Crippen molar-refractivity contribution in [3.8, 4) is 0 Å². The Bertz CT molecular complexity index is 614. The van der Waals surface area contributed by atoms with Gasteiger partial charge in [-0.15, -0.1) is 11.8 Å². The van der Waals surface area contributed by atoms with Crippen LogP contribution >= 0.6 is 11.8 Å². The summed E-state index contributed by atoms with van der Waals surface area (Å²) in [5.74, 6) is 1.90. The van der Waals surface area contributed by atoms with Crippen LogP contribution in [0.1, 0.15) is 29.4 Å². The average Bonchev–Trinajstić information content (AvgIpc) is 2.90. The Morgan fingerprint density at radius 2 is 2.10 bits per heavy atom. The maximum absolute atomic E-state index is 13.5. The SMILES string of the molecule is CNCC(CC1CSc2ccccc21)c1cccc(F)c1. The van der Waals surface area contributed by atoms with E-state index in [0.29, 0.717) is 11.8 Å². The topological polar surface area (TPSA) is 12.0 Å². The molecule has 0 fully saturated rings. The van der Waals surface area contributed by atoms with Crippen LogP contribution in [-0.2, 0) is 0 Å². The number of hydrogen-bond acceptors (Lipinski definition) is 2. The summed E-state index contributed by atoms with van der Waals surface area (Å²) in [6.07, 6.45) is 1.06. The van der Waals surface area contributed by atoms with Crippen molar-refractivity contribution in [2.75, 3.05) is 19.3 Å². The van der Waals surface area contributed by atoms with Gasteiger partial charge in [0.25, 0.3) is 0 Å². The van der Waals surface area contributed by atoms with Crippen molar-refractivity contribution in [1.29, 1.82) is 0 Å². The van der Waals surface area contributed by atoms with E-state index in [0.717, 1.165) is 24.3 Å². The zero-order chi connectivity index (χ0) is 14.7. The van der Waals surface area contributed by atoms with Crippen LogP contribution in [0.5, 0.6) is 0 Å². The van der Waals surface area contributed by atoms with Gasteiger partial charge < -0.3 is 5.32 Å². The lowest BCUT2D eigenvalue weighted by atomic mass is 9.86. The molecule has 1 aliphatic rings. The van der Waals surface area contributed by atoms with Gasteiger partial charge in [-0.05, 0) is 54.6 Å². The van der Waals surface area contributed by atoms with Crippen LogP contribution < -0.4 is 5.32 Å². The Labute approximate surface area is 130 Å². The Morgan fingerprint density at radius 1 is 1.24 bits per heavy atom. The highest BCUT2D eigenvalue weighted by atomic mass is 32.2. The number of fused-ring (bicyclic) bond motifs is 1. The summed E-state index contributed by atoms with van der Waals surface area (Å²) in [6.45, 7) is 0.882. The molecule has 110 valence electrons. The van der Waals surface area contributed by atoms with Gasteiger partial charge in [-0.2, -0.15) is 0 Å². The molecule has 1 nitrogen and oxygen atoms in total. The minimum Gasteiger partial charge on any atom is -0.319 e. The van der Waals surface area contributed by atoms with Gasteiger partial charge in [0.05, 0.1) is 0 Å². The summed E-state index contributed by atoms with van der Waals surface area (Å²) in [7, 11) is 1.96. The fraction of sp³-hybridized carbons (Fsp3) is 0.333. The maximum Gasteiger partial charge on any atom is 0.123 e. The molecular formula is C18H20FNS. The molecular weight excluding hydrogens is 281 g/mol. The molecule has 3 heteroatoms. The van der Waals surface area contributed by atoms with Gasteiger partial charge in [-0.3, -0.25) is 0 Å². The average molecular weight is 301 g/mol. The van der Waals surface area contributed by atoms with Gasteiger partial charge in [-0.25, -0.2) is 4.39 Å². The highest BCUT2D eigenvalue weighted by Crippen LogP contribution is 2.43. The molecule has 2 aromatic rings. The van der Waals surface area contributed by atoms with Crippen LogP contribution in [0.2, 0.25) is 0 Å². The van der Waals surface area contributed by atoms with E-state index in [1.807, 2.05) is 30.9 Å². The molecule has 0 spiro atoms. The van der Waals surface area contributed by atoms with Crippen LogP contribution in [0, 0.1) is 5.82 Å². The smallest absolute Gasteiger partial charge is 0.123 e. The van der Waals surface area contributed by atoms with Crippen molar-refractivity contribution < 1.29 is 4.39 Å². The molecule has 1 aliphatic heterocycles. The first-order valence-electron chi connectivity index (χ1n) is 7.39. The molecule has 1 heterocycles. The van der Waals surface area contributed by atoms with Crippen molar-refractivity contribution in [2.24, 2.45) is 0 Å². The first-order valence-corrected chi connectivity index (χ1v) is 8.38. The van der Waals surface area contributed by atoms with E-state index in [4.69, 9.17) is 0 Å². The van der Waals surface area contributed by atoms with E-state index >= 15 is 0 Å². The quantitative estimate of drug-likeness (QED) is 0.878. The maximum atomic E-state index is 13.5. The Balaban J connectivity index is 1.80. The van der Waals surface area contributed by atoms with E-state index in [9.17, 15) is 4.39 Å². The second-order valence-electron chi connectivity index (χ2n) is 5.59. The Kier molecular flexibility index (Phi) is 4.61. The number of hydrogen-bond donors (Lipinski definition) is 1. The molecule has 2 atom stereocenters. The molecule has 0 amide bonds. The fourth-order valence-electron chi connectivity index (χ4n) is 3.11. The van der Waals surface area contributed by atoms with Crippen LogP contribution in [-0.4, -0.2) is 19.3 Å². The predicted molar refractivity (Wildman–Crippen MR) is 87.6 cm³/mol. The standard InChI is InChI=1S/C18H20FNS/c1-20-11-14(13-5-4-6-16(19)10-13)9-15-12-21-18-8-3-2-7-17(15)18/h2-8,10,14-15,20H,9,11-12H2,1H3. The monoisotopic (exact) mass is 301 g/mol. The summed E-state index contributed by atoms with van der Waals surface area (Å²) in [5.41, 5.74) is 2.55. The second-order valence-corrected chi connectivity index (χ2v) is 6.65. The summed E-state index contributed by atoms with van der Waals surface area (Å²) >= 11 is 1.94. The molecule has 1 N–H and O–H groups in total. The second kappa shape index (κ2) is 6.63. The summed E-state index contributed by atoms with van der Waals surface area (Å²) in [5, 5.41) is 3.25. The molecule has 3 rings (SSSR count). The molecule has 0 aliphatic carbocycles. The van der Waals surface area contributed by atoms with E-state index in [1.54, 1.807) is 6.07 Å². The Morgan fingerprint density at radius 3 is 2.90 bits per heavy atom. The van der Waals surface area contributed by atoms with Crippen molar-refractivity contribution in [1.82, 2.24) is 5.32 Å². The summed E-state index contributed by atoms with van der Waals surface area (Å²) in [4.78, 5) is 1.41. The molecule has 2 unspecified atom stereocenters. The lowest BCUT2D eigenvalue weighted by Gasteiger charge is -2.21. The number of nitrogens with one attached hydrogen (secondary N) is 1. The fourth-order valence-corrected chi connectivity index (χ4v) is 4.38. The third-order valence-corrected chi connectivity index (χ3v) is 5.39. The predicted octanol–water partition coefficient (Wildman–Crippen LogP) is 4.41. The van der Waals surface area contributed by atoms with E-state index in [-0.39, 0.29) is 5.82 Å². The minimum atomic E-state index is -0.144. The van der Waals surface area contributed by atoms with Gasteiger partial charge in [0, 0.05) is 17.2 Å². The van der Waals surface area contributed by atoms with Crippen molar-refractivity contribution in [3.63, 3.8) is 0 Å². The third-order valence-electron chi connectivity index (χ3n) is 4.14. The van der Waals surface area contributed by atoms with Gasteiger partial charge in [0.2, 0.25) is 0 Å². The first kappa shape index (κ1) is 14.6. The first-order chi connectivity index (χ1) is 10.3. The van der Waals surface area contributed by atoms with Gasteiger partial charge >= 0.3 is 0 Å². The van der Waals surface area contributed by atoms with Crippen LogP contribution in [0.15, 0.2) is 53.4 Å². The molecule has 0 saturated heterocycles. The molecule has 2 aromatic carbocycles. The largest absolute Gasteiger partial charge is 0.319 e. The number of benzene rings is 2. The number of likely N-dealkylation sites (N-methyl/N-ethyl adjacent to an activating group) is 1. The summed E-state index contributed by atoms with van der Waals surface area (Å²) in [6, 6.07) is 15.7. The minimum absolute atomic E-state index is 0.144. The number of thioether (sulfide) groups is 1.